The molecule has 5 aromatic rings. The number of nitrogens with one attached hydrogen (secondary N) is 4. The van der Waals surface area contributed by atoms with Gasteiger partial charge in [-0.1, -0.05) is 6.07 Å². The van der Waals surface area contributed by atoms with Crippen LogP contribution in [0, 0.1) is 0 Å². The molecule has 0 aliphatic carbocycles. The van der Waals surface area contributed by atoms with Gasteiger partial charge in [-0.3, -0.25) is 9.59 Å². The van der Waals surface area contributed by atoms with E-state index in [1.165, 1.54) is 12.1 Å². The Labute approximate surface area is 170 Å². The Hall–Kier alpha value is -4.15. The molecule has 2 heterocycles. The van der Waals surface area contributed by atoms with Gasteiger partial charge in [0.2, 0.25) is 5.82 Å². The van der Waals surface area contributed by atoms with Crippen molar-refractivity contribution >= 4 is 39.1 Å². The maximum atomic E-state index is 12.8. The Bertz CT molecular complexity index is 1510. The molecule has 0 amide bonds. The molecule has 0 spiro atoms. The van der Waals surface area contributed by atoms with Crippen LogP contribution in [0.1, 0.15) is 11.4 Å². The number of anilines is 3. The van der Waals surface area contributed by atoms with Crippen LogP contribution in [0.15, 0.2) is 52.3 Å². The van der Waals surface area contributed by atoms with Crippen LogP contribution >= 0.6 is 0 Å². The number of imidazole rings is 2. The Morgan fingerprint density at radius 1 is 0.935 bits per heavy atom. The minimum Gasteiger partial charge on any atom is -0.376 e. The summed E-state index contributed by atoms with van der Waals surface area (Å²) in [6.07, 6.45) is -3.02. The molecule has 5 rings (SSSR count). The Morgan fingerprint density at radius 3 is 2.52 bits per heavy atom. The van der Waals surface area contributed by atoms with Crippen molar-refractivity contribution < 1.29 is 13.2 Å². The number of rotatable bonds is 5. The summed E-state index contributed by atoms with van der Waals surface area (Å²) in [6, 6.07) is 9.84. The van der Waals surface area contributed by atoms with Crippen molar-refractivity contribution in [3.8, 4) is 0 Å². The maximum absolute atomic E-state index is 12.8. The van der Waals surface area contributed by atoms with Crippen LogP contribution in [0.4, 0.5) is 30.2 Å². The third-order valence-corrected chi connectivity index (χ3v) is 4.89. The van der Waals surface area contributed by atoms with Gasteiger partial charge in [-0.15, -0.1) is 0 Å². The number of alkyl halides is 3. The molecule has 31 heavy (non-hydrogen) atoms. The minimum atomic E-state index is -4.57. The average Bonchev–Trinajstić information content (AvgIpc) is 3.38. The highest BCUT2D eigenvalue weighted by molar-refractivity contribution is 5.84. The van der Waals surface area contributed by atoms with Gasteiger partial charge in [-0.2, -0.15) is 13.2 Å². The Kier molecular flexibility index (Phi) is 4.07. The summed E-state index contributed by atoms with van der Waals surface area (Å²) in [6.45, 7) is 0.127. The first-order valence-electron chi connectivity index (χ1n) is 9.13. The molecule has 3 aromatic carbocycles. The normalized spacial score (nSPS) is 12.1. The molecule has 0 radical (unpaired) electrons. The van der Waals surface area contributed by atoms with Crippen molar-refractivity contribution in [3.05, 3.63) is 74.6 Å². The van der Waals surface area contributed by atoms with E-state index < -0.39 is 22.9 Å². The van der Waals surface area contributed by atoms with Crippen LogP contribution < -0.4 is 21.5 Å². The third-order valence-electron chi connectivity index (χ3n) is 4.89. The predicted molar refractivity (Wildman–Crippen MR) is 109 cm³/mol. The van der Waals surface area contributed by atoms with Crippen LogP contribution in [-0.4, -0.2) is 19.9 Å². The number of H-pyrrole nitrogens is 2. The number of hydrogen-bond acceptors (Lipinski definition) is 6. The van der Waals surface area contributed by atoms with Gasteiger partial charge in [0.05, 0.1) is 28.4 Å². The first kappa shape index (κ1) is 18.9. The Morgan fingerprint density at radius 2 is 1.71 bits per heavy atom. The van der Waals surface area contributed by atoms with E-state index >= 15 is 0 Å². The molecule has 0 fully saturated rings. The molecule has 0 saturated carbocycles. The number of hydrogen-bond donors (Lipinski definition) is 4. The zero-order chi connectivity index (χ0) is 21.8. The molecule has 0 saturated heterocycles. The number of aromatic nitrogens is 4. The van der Waals surface area contributed by atoms with Gasteiger partial charge < -0.3 is 20.6 Å². The van der Waals surface area contributed by atoms with Crippen LogP contribution in [0.5, 0.6) is 0 Å². The average molecular weight is 426 g/mol. The number of benzene rings is 2. The highest BCUT2D eigenvalue weighted by Crippen LogP contribution is 2.29. The van der Waals surface area contributed by atoms with Gasteiger partial charge in [-0.05, 0) is 35.9 Å². The van der Waals surface area contributed by atoms with E-state index in [-0.39, 0.29) is 29.0 Å². The van der Waals surface area contributed by atoms with Gasteiger partial charge in [0.15, 0.2) is 0 Å². The van der Waals surface area contributed by atoms with Gasteiger partial charge >= 0.3 is 6.18 Å². The van der Waals surface area contributed by atoms with Crippen LogP contribution in [0.3, 0.4) is 0 Å². The predicted octanol–water partition coefficient (Wildman–Crippen LogP) is 3.41. The van der Waals surface area contributed by atoms with E-state index in [1.807, 2.05) is 0 Å². The lowest BCUT2D eigenvalue weighted by Gasteiger charge is -2.15. The molecule has 8 nitrogen and oxygen atoms in total. The van der Waals surface area contributed by atoms with Crippen molar-refractivity contribution in [1.29, 1.82) is 0 Å². The number of nitrogens with zero attached hydrogens (tertiary/aromatic N) is 2. The molecule has 4 N–H and O–H groups in total. The summed E-state index contributed by atoms with van der Waals surface area (Å²) in [5.74, 6) is -1.07. The molecule has 11 heteroatoms. The fourth-order valence-electron chi connectivity index (χ4n) is 3.32. The third kappa shape index (κ3) is 3.29. The lowest BCUT2D eigenvalue weighted by atomic mass is 10.1. The summed E-state index contributed by atoms with van der Waals surface area (Å²) in [4.78, 5) is 36.9. The standard InChI is InChI=1S/C20H13F3N6O2/c21-20(22,23)19-28-12-3-1-9(5-14(12)29-19)7-24-15-16(18(31)17(15)30)27-10-2-4-11-13(6-10)26-8-25-11/h1-6,8,24,27H,7H2,(H,25,26)(H,28,29). The summed E-state index contributed by atoms with van der Waals surface area (Å²) < 4.78 is 38.4. The van der Waals surface area contributed by atoms with Gasteiger partial charge in [0.1, 0.15) is 11.4 Å². The molecule has 0 aliphatic heterocycles. The SMILES string of the molecule is O=c1c(NCc2ccc3[nH]c(C(F)(F)F)nc3c2)c(Nc2ccc3[nH]cnc3c2)c1=O. The lowest BCUT2D eigenvalue weighted by Crippen LogP contribution is -2.36. The maximum Gasteiger partial charge on any atom is 0.449 e. The summed E-state index contributed by atoms with van der Waals surface area (Å²) in [7, 11) is 0. The smallest absolute Gasteiger partial charge is 0.376 e. The van der Waals surface area contributed by atoms with E-state index in [0.29, 0.717) is 16.8 Å². The van der Waals surface area contributed by atoms with Crippen LogP contribution in [0.25, 0.3) is 22.1 Å². The molecule has 0 bridgehead atoms. The summed E-state index contributed by atoms with van der Waals surface area (Å²) in [5, 5.41) is 5.81. The number of halogens is 3. The highest BCUT2D eigenvalue weighted by Gasteiger charge is 2.34. The van der Waals surface area contributed by atoms with Gasteiger partial charge in [-0.25, -0.2) is 9.97 Å². The zero-order valence-corrected chi connectivity index (χ0v) is 15.6. The summed E-state index contributed by atoms with van der Waals surface area (Å²) in [5.41, 5.74) is 2.05. The Balaban J connectivity index is 1.35. The largest absolute Gasteiger partial charge is 0.449 e. The fourth-order valence-corrected chi connectivity index (χ4v) is 3.32. The van der Waals surface area contributed by atoms with Crippen molar-refractivity contribution in [3.63, 3.8) is 0 Å². The molecule has 0 unspecified atom stereocenters. The second-order valence-electron chi connectivity index (χ2n) is 6.96. The molecular formula is C20H13F3N6O2. The first-order valence-corrected chi connectivity index (χ1v) is 9.13. The van der Waals surface area contributed by atoms with E-state index in [0.717, 1.165) is 5.52 Å². The van der Waals surface area contributed by atoms with Crippen molar-refractivity contribution in [2.45, 2.75) is 12.7 Å². The quantitative estimate of drug-likeness (QED) is 0.320. The molecule has 0 atom stereocenters. The van der Waals surface area contributed by atoms with Crippen molar-refractivity contribution in [2.24, 2.45) is 0 Å². The zero-order valence-electron chi connectivity index (χ0n) is 15.6. The van der Waals surface area contributed by atoms with Gasteiger partial charge in [0.25, 0.3) is 10.9 Å². The molecule has 156 valence electrons. The molecule has 0 aliphatic rings. The van der Waals surface area contributed by atoms with E-state index in [2.05, 4.69) is 30.6 Å². The molecular weight excluding hydrogens is 413 g/mol. The monoisotopic (exact) mass is 426 g/mol. The second kappa shape index (κ2) is 6.69. The minimum absolute atomic E-state index is 0.116. The number of fused-ring (bicyclic) bond motifs is 2. The van der Waals surface area contributed by atoms with Gasteiger partial charge in [0, 0.05) is 12.2 Å². The molecule has 2 aromatic heterocycles. The summed E-state index contributed by atoms with van der Waals surface area (Å²) >= 11 is 0. The fraction of sp³-hybridized carbons (Fsp3) is 0.100. The lowest BCUT2D eigenvalue weighted by molar-refractivity contribution is -0.144. The topological polar surface area (TPSA) is 116 Å². The highest BCUT2D eigenvalue weighted by atomic mass is 19.4. The van der Waals surface area contributed by atoms with E-state index in [1.54, 1.807) is 30.6 Å². The first-order chi connectivity index (χ1) is 14.8. The van der Waals surface area contributed by atoms with Crippen LogP contribution in [-0.2, 0) is 12.7 Å². The van der Waals surface area contributed by atoms with Crippen molar-refractivity contribution in [2.75, 3.05) is 10.6 Å². The van der Waals surface area contributed by atoms with E-state index in [4.69, 9.17) is 0 Å². The van der Waals surface area contributed by atoms with Crippen LogP contribution in [0.2, 0.25) is 0 Å². The van der Waals surface area contributed by atoms with E-state index in [9.17, 15) is 22.8 Å². The second-order valence-corrected chi connectivity index (χ2v) is 6.96. The number of aromatic amines is 2. The van der Waals surface area contributed by atoms with Crippen molar-refractivity contribution in [1.82, 2.24) is 19.9 Å².